The fraction of sp³-hybridized carbons (Fsp3) is 0.533. The molecule has 0 bridgehead atoms. The van der Waals surface area contributed by atoms with Crippen molar-refractivity contribution in [1.29, 1.82) is 0 Å². The van der Waals surface area contributed by atoms with Crippen LogP contribution < -0.4 is 10.2 Å². The van der Waals surface area contributed by atoms with Crippen LogP contribution in [0.1, 0.15) is 43.0 Å². The molecule has 0 saturated carbocycles. The van der Waals surface area contributed by atoms with E-state index in [2.05, 4.69) is 45.4 Å². The molecule has 1 fully saturated rings. The van der Waals surface area contributed by atoms with Gasteiger partial charge < -0.3 is 29.7 Å². The summed E-state index contributed by atoms with van der Waals surface area (Å²) in [5, 5.41) is 16.8. The number of carbonyl (C=O) groups is 1. The van der Waals surface area contributed by atoms with Crippen LogP contribution in [-0.4, -0.2) is 95.2 Å². The van der Waals surface area contributed by atoms with E-state index in [-0.39, 0.29) is 0 Å². The van der Waals surface area contributed by atoms with Crippen LogP contribution in [-0.2, 0) is 33.7 Å². The lowest BCUT2D eigenvalue weighted by Crippen LogP contribution is -2.30. The summed E-state index contributed by atoms with van der Waals surface area (Å²) in [6.07, 6.45) is 11.9. The first-order valence-electron chi connectivity index (χ1n) is 14.6. The fourth-order valence-corrected chi connectivity index (χ4v) is 4.70. The topological polar surface area (TPSA) is 117 Å². The summed E-state index contributed by atoms with van der Waals surface area (Å²) >= 11 is 0. The summed E-state index contributed by atoms with van der Waals surface area (Å²) in [6.45, 7) is 8.39. The van der Waals surface area contributed by atoms with Crippen LogP contribution in [0.3, 0.4) is 0 Å². The molecular weight excluding hydrogens is 522 g/mol. The second kappa shape index (κ2) is 16.0. The van der Waals surface area contributed by atoms with Crippen molar-refractivity contribution < 1.29 is 19.4 Å². The van der Waals surface area contributed by atoms with Gasteiger partial charge in [-0.1, -0.05) is 19.1 Å². The molecular formula is C30H43N7O4. The van der Waals surface area contributed by atoms with E-state index in [0.717, 1.165) is 72.7 Å². The van der Waals surface area contributed by atoms with Crippen molar-refractivity contribution in [3.63, 3.8) is 0 Å². The van der Waals surface area contributed by atoms with Crippen molar-refractivity contribution in [2.75, 3.05) is 69.9 Å². The summed E-state index contributed by atoms with van der Waals surface area (Å²) in [5.74, 6) is 1.03. The van der Waals surface area contributed by atoms with Gasteiger partial charge in [-0.25, -0.2) is 9.78 Å². The van der Waals surface area contributed by atoms with Gasteiger partial charge >= 0.3 is 5.97 Å². The third kappa shape index (κ3) is 9.51. The number of nitrogens with zero attached hydrogens (tertiary/aromatic N) is 6. The number of aromatic nitrogens is 4. The average molecular weight is 566 g/mol. The minimum Gasteiger partial charge on any atom is -0.478 e. The molecule has 3 aromatic heterocycles. The van der Waals surface area contributed by atoms with Gasteiger partial charge in [0.1, 0.15) is 11.6 Å². The maximum absolute atomic E-state index is 10.5. The number of carboxylic acid groups (broad SMARTS) is 1. The van der Waals surface area contributed by atoms with Gasteiger partial charge in [-0.3, -0.25) is 4.98 Å². The molecule has 0 amide bonds. The molecule has 4 rings (SSSR count). The average Bonchev–Trinajstić information content (AvgIpc) is 3.41. The van der Waals surface area contributed by atoms with Crippen molar-refractivity contribution in [1.82, 2.24) is 24.5 Å². The predicted molar refractivity (Wildman–Crippen MR) is 160 cm³/mol. The number of hydrogen-bond donors (Lipinski definition) is 2. The second-order valence-electron chi connectivity index (χ2n) is 10.3. The first-order valence-corrected chi connectivity index (χ1v) is 14.6. The molecule has 1 aliphatic heterocycles. The molecule has 41 heavy (non-hydrogen) atoms. The van der Waals surface area contributed by atoms with Crippen LogP contribution in [0.25, 0.3) is 5.65 Å². The summed E-state index contributed by atoms with van der Waals surface area (Å²) in [7, 11) is 1.92. The Morgan fingerprint density at radius 3 is 2.66 bits per heavy atom. The lowest BCUT2D eigenvalue weighted by atomic mass is 10.1. The van der Waals surface area contributed by atoms with Crippen molar-refractivity contribution in [3.05, 3.63) is 59.6 Å². The number of aliphatic carboxylic acids is 1. The molecule has 1 aliphatic rings. The van der Waals surface area contributed by atoms with Gasteiger partial charge in [0.25, 0.3) is 0 Å². The molecule has 0 radical (unpaired) electrons. The van der Waals surface area contributed by atoms with Gasteiger partial charge in [-0.05, 0) is 44.4 Å². The molecule has 1 saturated heterocycles. The lowest BCUT2D eigenvalue weighted by Gasteiger charge is -2.28. The van der Waals surface area contributed by atoms with E-state index in [1.807, 2.05) is 28.9 Å². The summed E-state index contributed by atoms with van der Waals surface area (Å²) in [5.41, 5.74) is 4.17. The van der Waals surface area contributed by atoms with E-state index < -0.39 is 5.97 Å². The number of pyridine rings is 1. The Morgan fingerprint density at radius 1 is 1.12 bits per heavy atom. The van der Waals surface area contributed by atoms with E-state index in [1.54, 1.807) is 6.08 Å². The largest absolute Gasteiger partial charge is 0.478 e. The number of likely N-dealkylation sites (N-methyl/N-ethyl adjacent to an activating group) is 1. The van der Waals surface area contributed by atoms with Gasteiger partial charge in [-0.2, -0.15) is 9.61 Å². The Bertz CT molecular complexity index is 1260. The standard InChI is InChI=1S/C30H43N7O4/c1-3-25-23-33-37-27(20-28(34-30(25)37)36-13-5-4-6-14-36)32-22-24-9-10-26(31-21-24)11-16-40-18-19-41-17-15-35(2)12-7-8-29(38)39/h7-10,20-21,23,32H,3-6,11-19,22H2,1-2H3,(H,38,39)/b8-7+. The van der Waals surface area contributed by atoms with Gasteiger partial charge in [-0.15, -0.1) is 0 Å². The Balaban J connectivity index is 1.18. The highest BCUT2D eigenvalue weighted by Gasteiger charge is 2.17. The van der Waals surface area contributed by atoms with Crippen LogP contribution in [0.15, 0.2) is 42.7 Å². The van der Waals surface area contributed by atoms with Crippen molar-refractivity contribution in [2.24, 2.45) is 0 Å². The fourth-order valence-electron chi connectivity index (χ4n) is 4.70. The van der Waals surface area contributed by atoms with Crippen molar-refractivity contribution in [3.8, 4) is 0 Å². The Labute approximate surface area is 242 Å². The summed E-state index contributed by atoms with van der Waals surface area (Å²) < 4.78 is 13.2. The molecule has 11 heteroatoms. The minimum absolute atomic E-state index is 0.522. The first kappa shape index (κ1) is 30.4. The quantitative estimate of drug-likeness (QED) is 0.186. The number of ether oxygens (including phenoxy) is 2. The monoisotopic (exact) mass is 565 g/mol. The highest BCUT2D eigenvalue weighted by atomic mass is 16.5. The molecule has 11 nitrogen and oxygen atoms in total. The zero-order chi connectivity index (χ0) is 28.9. The van der Waals surface area contributed by atoms with Gasteiger partial charge in [0, 0.05) is 68.7 Å². The van der Waals surface area contributed by atoms with Crippen molar-refractivity contribution in [2.45, 2.75) is 45.6 Å². The number of aryl methyl sites for hydroxylation is 1. The number of fused-ring (bicyclic) bond motifs is 1. The Kier molecular flexibility index (Phi) is 11.9. The number of piperidine rings is 1. The summed E-state index contributed by atoms with van der Waals surface area (Å²) in [6, 6.07) is 6.27. The molecule has 3 aromatic rings. The normalized spacial score (nSPS) is 14.0. The molecule has 0 atom stereocenters. The maximum Gasteiger partial charge on any atom is 0.328 e. The van der Waals surface area contributed by atoms with Crippen LogP contribution in [0.4, 0.5) is 11.6 Å². The molecule has 4 heterocycles. The number of anilines is 2. The SMILES string of the molecule is CCc1cnn2c(NCc3ccc(CCOCCOCCN(C)C/C=C/C(=O)O)nc3)cc(N3CCCCC3)nc12. The first-order chi connectivity index (χ1) is 20.0. The number of rotatable bonds is 17. The lowest BCUT2D eigenvalue weighted by molar-refractivity contribution is -0.131. The Hall–Kier alpha value is -3.54. The third-order valence-electron chi connectivity index (χ3n) is 7.12. The number of carboxylic acids is 1. The number of hydrogen-bond acceptors (Lipinski definition) is 9. The van der Waals surface area contributed by atoms with Crippen LogP contribution in [0, 0.1) is 0 Å². The molecule has 0 spiro atoms. The molecule has 0 aromatic carbocycles. The second-order valence-corrected chi connectivity index (χ2v) is 10.3. The van der Waals surface area contributed by atoms with Gasteiger partial charge in [0.15, 0.2) is 5.65 Å². The maximum atomic E-state index is 10.5. The van der Waals surface area contributed by atoms with E-state index in [9.17, 15) is 4.79 Å². The Morgan fingerprint density at radius 2 is 1.93 bits per heavy atom. The third-order valence-corrected chi connectivity index (χ3v) is 7.12. The highest BCUT2D eigenvalue weighted by Crippen LogP contribution is 2.25. The zero-order valence-corrected chi connectivity index (χ0v) is 24.3. The van der Waals surface area contributed by atoms with E-state index in [1.165, 1.54) is 19.3 Å². The molecule has 0 aliphatic carbocycles. The van der Waals surface area contributed by atoms with Crippen LogP contribution >= 0.6 is 0 Å². The van der Waals surface area contributed by atoms with Gasteiger partial charge in [0.2, 0.25) is 0 Å². The predicted octanol–water partition coefficient (Wildman–Crippen LogP) is 3.44. The smallest absolute Gasteiger partial charge is 0.328 e. The minimum atomic E-state index is -0.931. The van der Waals surface area contributed by atoms with Gasteiger partial charge in [0.05, 0.1) is 32.6 Å². The summed E-state index contributed by atoms with van der Waals surface area (Å²) in [4.78, 5) is 24.5. The molecule has 222 valence electrons. The van der Waals surface area contributed by atoms with E-state index in [0.29, 0.717) is 39.5 Å². The van der Waals surface area contributed by atoms with E-state index >= 15 is 0 Å². The number of nitrogens with one attached hydrogen (secondary N) is 1. The van der Waals surface area contributed by atoms with Crippen molar-refractivity contribution >= 4 is 23.3 Å². The van der Waals surface area contributed by atoms with E-state index in [4.69, 9.17) is 19.6 Å². The van der Waals surface area contributed by atoms with Crippen LogP contribution in [0.2, 0.25) is 0 Å². The van der Waals surface area contributed by atoms with Crippen LogP contribution in [0.5, 0.6) is 0 Å². The molecule has 2 N–H and O–H groups in total. The molecule has 0 unspecified atom stereocenters. The highest BCUT2D eigenvalue weighted by molar-refractivity contribution is 5.79. The zero-order valence-electron chi connectivity index (χ0n) is 24.3.